The van der Waals surface area contributed by atoms with E-state index < -0.39 is 18.2 Å². The molecule has 1 heterocycles. The number of rotatable bonds is 11. The molecule has 2 amide bonds. The highest BCUT2D eigenvalue weighted by atomic mass is 16.3. The Morgan fingerprint density at radius 3 is 2.44 bits per heavy atom. The molecule has 0 aromatic heterocycles. The van der Waals surface area contributed by atoms with Gasteiger partial charge in [-0.1, -0.05) is 45.1 Å². The SMILES string of the molecule is C=N/C=C(\C=C/C)C(C(=O)NCCCN(C)C)N(C(=O)C1CC(O)CN1)c1ccc(C(C)(C)C)cc1. The standard InChI is InChI=1S/C28H43N5O3/c1-8-10-20(18-29-5)25(26(35)30-15-9-16-32(6)7)33(27(36)24-17-23(34)19-31-24)22-13-11-21(12-14-22)28(2,3)4/h8,10-14,18,23-25,31,34H,5,9,15-17,19H2,1-4,6-7H3,(H,30,35)/b10-8-,20-18+. The topological polar surface area (TPSA) is 97.3 Å². The molecular weight excluding hydrogens is 454 g/mol. The lowest BCUT2D eigenvalue weighted by Gasteiger charge is -2.34. The summed E-state index contributed by atoms with van der Waals surface area (Å²) in [5.74, 6) is -0.573. The first-order chi connectivity index (χ1) is 17.0. The second-order valence-corrected chi connectivity index (χ2v) is 10.5. The molecule has 0 saturated carbocycles. The quantitative estimate of drug-likeness (QED) is 0.248. The third kappa shape index (κ3) is 8.11. The van der Waals surface area contributed by atoms with Gasteiger partial charge in [-0.05, 0) is 70.2 Å². The van der Waals surface area contributed by atoms with Crippen molar-refractivity contribution in [2.75, 3.05) is 38.6 Å². The predicted molar refractivity (Wildman–Crippen MR) is 147 cm³/mol. The molecule has 1 aromatic carbocycles. The van der Waals surface area contributed by atoms with E-state index in [1.165, 1.54) is 11.1 Å². The molecule has 3 unspecified atom stereocenters. The number of anilines is 1. The number of aliphatic imine (C=N–C) groups is 1. The predicted octanol–water partition coefficient (Wildman–Crippen LogP) is 2.64. The van der Waals surface area contributed by atoms with Crippen LogP contribution in [0.1, 0.15) is 46.1 Å². The van der Waals surface area contributed by atoms with Gasteiger partial charge < -0.3 is 20.6 Å². The van der Waals surface area contributed by atoms with E-state index in [0.29, 0.717) is 24.4 Å². The van der Waals surface area contributed by atoms with Gasteiger partial charge in [0.2, 0.25) is 11.8 Å². The molecule has 1 aliphatic heterocycles. The van der Waals surface area contributed by atoms with Crippen LogP contribution in [0.5, 0.6) is 0 Å². The number of β-amino-alcohol motifs (C(OH)–C–C–N with tert-alkyl or cyclic N) is 1. The smallest absolute Gasteiger partial charge is 0.247 e. The molecular formula is C28H43N5O3. The molecule has 36 heavy (non-hydrogen) atoms. The molecule has 8 nitrogen and oxygen atoms in total. The van der Waals surface area contributed by atoms with Crippen LogP contribution in [0.3, 0.4) is 0 Å². The van der Waals surface area contributed by atoms with Crippen molar-refractivity contribution in [2.24, 2.45) is 4.99 Å². The number of aliphatic hydroxyl groups excluding tert-OH is 1. The molecule has 3 N–H and O–H groups in total. The van der Waals surface area contributed by atoms with Crippen molar-refractivity contribution in [3.05, 3.63) is 53.8 Å². The van der Waals surface area contributed by atoms with Gasteiger partial charge in [0.05, 0.1) is 12.1 Å². The summed E-state index contributed by atoms with van der Waals surface area (Å²) in [7, 11) is 3.97. The maximum absolute atomic E-state index is 13.9. The summed E-state index contributed by atoms with van der Waals surface area (Å²) in [6.07, 6.45) is 5.56. The average molecular weight is 498 g/mol. The number of hydrogen-bond donors (Lipinski definition) is 3. The summed E-state index contributed by atoms with van der Waals surface area (Å²) in [5, 5.41) is 16.2. The summed E-state index contributed by atoms with van der Waals surface area (Å²) in [5.41, 5.74) is 2.21. The van der Waals surface area contributed by atoms with Gasteiger partial charge in [0, 0.05) is 30.5 Å². The zero-order valence-electron chi connectivity index (χ0n) is 22.6. The zero-order chi connectivity index (χ0) is 26.9. The molecule has 3 atom stereocenters. The fourth-order valence-electron chi connectivity index (χ4n) is 4.22. The summed E-state index contributed by atoms with van der Waals surface area (Å²) in [6, 6.07) is 6.18. The Morgan fingerprint density at radius 2 is 1.94 bits per heavy atom. The first kappa shape index (κ1) is 29.4. The molecule has 0 bridgehead atoms. The molecule has 1 aromatic rings. The van der Waals surface area contributed by atoms with Crippen molar-refractivity contribution in [1.29, 1.82) is 0 Å². The van der Waals surface area contributed by atoms with Gasteiger partial charge in [-0.25, -0.2) is 0 Å². The number of carbonyl (C=O) groups excluding carboxylic acids is 2. The van der Waals surface area contributed by atoms with Crippen molar-refractivity contribution in [3.8, 4) is 0 Å². The van der Waals surface area contributed by atoms with Gasteiger partial charge in [-0.3, -0.25) is 19.5 Å². The number of carbonyl (C=O) groups is 2. The van der Waals surface area contributed by atoms with E-state index >= 15 is 0 Å². The van der Waals surface area contributed by atoms with E-state index in [9.17, 15) is 14.7 Å². The van der Waals surface area contributed by atoms with Crippen molar-refractivity contribution < 1.29 is 14.7 Å². The Balaban J connectivity index is 2.56. The fourth-order valence-corrected chi connectivity index (χ4v) is 4.22. The third-order valence-corrected chi connectivity index (χ3v) is 6.16. The number of nitrogens with one attached hydrogen (secondary N) is 2. The monoisotopic (exact) mass is 497 g/mol. The second kappa shape index (κ2) is 13.5. The number of benzene rings is 1. The largest absolute Gasteiger partial charge is 0.392 e. The van der Waals surface area contributed by atoms with Gasteiger partial charge >= 0.3 is 0 Å². The van der Waals surface area contributed by atoms with Crippen molar-refractivity contribution in [1.82, 2.24) is 15.5 Å². The molecule has 2 rings (SSSR count). The first-order valence-electron chi connectivity index (χ1n) is 12.6. The van der Waals surface area contributed by atoms with Crippen LogP contribution < -0.4 is 15.5 Å². The molecule has 1 fully saturated rings. The van der Waals surface area contributed by atoms with Crippen LogP contribution in [-0.2, 0) is 15.0 Å². The first-order valence-corrected chi connectivity index (χ1v) is 12.6. The molecule has 8 heteroatoms. The maximum atomic E-state index is 13.9. The number of nitrogens with zero attached hydrogens (tertiary/aromatic N) is 3. The van der Waals surface area contributed by atoms with Crippen LogP contribution in [0.25, 0.3) is 0 Å². The van der Waals surface area contributed by atoms with Gasteiger partial charge in [0.1, 0.15) is 6.04 Å². The minimum absolute atomic E-state index is 0.0591. The molecule has 0 aliphatic carbocycles. The van der Waals surface area contributed by atoms with Gasteiger partial charge in [0.15, 0.2) is 0 Å². The Bertz CT molecular complexity index is 947. The van der Waals surface area contributed by atoms with Crippen LogP contribution in [0.2, 0.25) is 0 Å². The summed E-state index contributed by atoms with van der Waals surface area (Å²) >= 11 is 0. The van der Waals surface area contributed by atoms with Crippen LogP contribution in [0.15, 0.2) is 53.2 Å². The highest BCUT2D eigenvalue weighted by molar-refractivity contribution is 6.05. The van der Waals surface area contributed by atoms with Crippen LogP contribution in [-0.4, -0.2) is 80.5 Å². The van der Waals surface area contributed by atoms with E-state index in [4.69, 9.17) is 0 Å². The lowest BCUT2D eigenvalue weighted by molar-refractivity contribution is -0.126. The summed E-state index contributed by atoms with van der Waals surface area (Å²) < 4.78 is 0. The van der Waals surface area contributed by atoms with Gasteiger partial charge in [0.25, 0.3) is 0 Å². The van der Waals surface area contributed by atoms with Gasteiger partial charge in [-0.2, -0.15) is 0 Å². The minimum Gasteiger partial charge on any atom is -0.392 e. The third-order valence-electron chi connectivity index (χ3n) is 6.16. The summed E-state index contributed by atoms with van der Waals surface area (Å²) in [4.78, 5) is 35.1. The van der Waals surface area contributed by atoms with Crippen molar-refractivity contribution >= 4 is 24.2 Å². The molecule has 198 valence electrons. The van der Waals surface area contributed by atoms with Crippen LogP contribution in [0, 0.1) is 0 Å². The molecule has 0 radical (unpaired) electrons. The van der Waals surface area contributed by atoms with Crippen LogP contribution >= 0.6 is 0 Å². The van der Waals surface area contributed by atoms with Crippen LogP contribution in [0.4, 0.5) is 5.69 Å². The maximum Gasteiger partial charge on any atom is 0.247 e. The van der Waals surface area contributed by atoms with E-state index in [2.05, 4.69) is 48.0 Å². The van der Waals surface area contributed by atoms with Crippen molar-refractivity contribution in [3.63, 3.8) is 0 Å². The number of amides is 2. The highest BCUT2D eigenvalue weighted by Crippen LogP contribution is 2.29. The molecule has 1 saturated heterocycles. The summed E-state index contributed by atoms with van der Waals surface area (Å²) in [6.45, 7) is 13.4. The van der Waals surface area contributed by atoms with E-state index in [1.54, 1.807) is 6.08 Å². The van der Waals surface area contributed by atoms with Crippen molar-refractivity contribution in [2.45, 2.75) is 64.1 Å². The normalized spacial score (nSPS) is 19.5. The molecule has 0 spiro atoms. The average Bonchev–Trinajstić information content (AvgIpc) is 3.25. The van der Waals surface area contributed by atoms with E-state index in [-0.39, 0.29) is 23.7 Å². The van der Waals surface area contributed by atoms with E-state index in [0.717, 1.165) is 18.5 Å². The minimum atomic E-state index is -0.960. The molecule has 1 aliphatic rings. The Morgan fingerprint density at radius 1 is 1.28 bits per heavy atom. The lowest BCUT2D eigenvalue weighted by Crippen LogP contribution is -2.55. The number of allylic oxidation sites excluding steroid dienone is 1. The van der Waals surface area contributed by atoms with Gasteiger partial charge in [-0.15, -0.1) is 0 Å². The Labute approximate surface area is 216 Å². The fraction of sp³-hybridized carbons (Fsp3) is 0.536. The second-order valence-electron chi connectivity index (χ2n) is 10.5. The zero-order valence-corrected chi connectivity index (χ0v) is 22.6. The number of aliphatic hydroxyl groups is 1. The lowest BCUT2D eigenvalue weighted by atomic mass is 9.87. The van der Waals surface area contributed by atoms with E-state index in [1.807, 2.05) is 51.4 Å². The number of hydrogen-bond acceptors (Lipinski definition) is 6. The Kier molecular flexibility index (Phi) is 11.0. The Hall–Kier alpha value is -2.81. The highest BCUT2D eigenvalue weighted by Gasteiger charge is 2.39.